The van der Waals surface area contributed by atoms with Gasteiger partial charge in [-0.2, -0.15) is 13.2 Å². The second-order valence-electron chi connectivity index (χ2n) is 4.84. The summed E-state index contributed by atoms with van der Waals surface area (Å²) in [7, 11) is 0. The van der Waals surface area contributed by atoms with E-state index >= 15 is 0 Å². The van der Waals surface area contributed by atoms with Gasteiger partial charge in [-0.25, -0.2) is 4.98 Å². The summed E-state index contributed by atoms with van der Waals surface area (Å²) in [5.41, 5.74) is 5.04. The van der Waals surface area contributed by atoms with Crippen molar-refractivity contribution in [2.75, 3.05) is 18.0 Å². The molecule has 1 unspecified atom stereocenters. The van der Waals surface area contributed by atoms with E-state index in [2.05, 4.69) is 4.98 Å². The van der Waals surface area contributed by atoms with Gasteiger partial charge in [-0.3, -0.25) is 0 Å². The minimum Gasteiger partial charge on any atom is -0.352 e. The van der Waals surface area contributed by atoms with Crippen LogP contribution in [0.2, 0.25) is 0 Å². The lowest BCUT2D eigenvalue weighted by atomic mass is 10.1. The Labute approximate surface area is 110 Å². The Morgan fingerprint density at radius 3 is 2.63 bits per heavy atom. The first-order chi connectivity index (χ1) is 9.02. The van der Waals surface area contributed by atoms with Crippen LogP contribution in [-0.2, 0) is 6.18 Å². The van der Waals surface area contributed by atoms with Crippen LogP contribution in [0.1, 0.15) is 31.2 Å². The maximum absolute atomic E-state index is 12.5. The van der Waals surface area contributed by atoms with E-state index < -0.39 is 11.7 Å². The maximum atomic E-state index is 12.5. The number of halogens is 3. The fourth-order valence-corrected chi connectivity index (χ4v) is 2.45. The highest BCUT2D eigenvalue weighted by atomic mass is 19.4. The smallest absolute Gasteiger partial charge is 0.352 e. The highest BCUT2D eigenvalue weighted by molar-refractivity contribution is 5.41. The fourth-order valence-electron chi connectivity index (χ4n) is 2.45. The van der Waals surface area contributed by atoms with E-state index in [1.54, 1.807) is 0 Å². The summed E-state index contributed by atoms with van der Waals surface area (Å²) in [6.07, 6.45) is 0.802. The van der Waals surface area contributed by atoms with Crippen molar-refractivity contribution in [3.8, 4) is 0 Å². The van der Waals surface area contributed by atoms with Crippen molar-refractivity contribution in [3.63, 3.8) is 0 Å². The third kappa shape index (κ3) is 3.37. The number of rotatable bonds is 2. The first-order valence-electron chi connectivity index (χ1n) is 6.52. The van der Waals surface area contributed by atoms with E-state index in [0.29, 0.717) is 12.4 Å². The number of hydrogen-bond acceptors (Lipinski definition) is 3. The molecule has 6 heteroatoms. The van der Waals surface area contributed by atoms with Gasteiger partial charge in [0.2, 0.25) is 0 Å². The molecule has 1 saturated heterocycles. The Balaban J connectivity index is 2.19. The van der Waals surface area contributed by atoms with Gasteiger partial charge in [-0.05, 0) is 25.0 Å². The van der Waals surface area contributed by atoms with Gasteiger partial charge in [0.05, 0.1) is 5.56 Å². The molecule has 0 spiro atoms. The predicted octanol–water partition coefficient (Wildman–Crippen LogP) is 2.81. The van der Waals surface area contributed by atoms with Crippen LogP contribution >= 0.6 is 0 Å². The first kappa shape index (κ1) is 14.1. The van der Waals surface area contributed by atoms with E-state index in [1.165, 1.54) is 6.07 Å². The van der Waals surface area contributed by atoms with Crippen molar-refractivity contribution in [1.29, 1.82) is 0 Å². The molecule has 19 heavy (non-hydrogen) atoms. The van der Waals surface area contributed by atoms with Gasteiger partial charge in [0.1, 0.15) is 5.82 Å². The maximum Gasteiger partial charge on any atom is 0.417 e. The lowest BCUT2D eigenvalue weighted by molar-refractivity contribution is -0.137. The van der Waals surface area contributed by atoms with Gasteiger partial charge < -0.3 is 10.6 Å². The number of nitrogens with zero attached hydrogens (tertiary/aromatic N) is 2. The molecule has 0 radical (unpaired) electrons. The Hall–Kier alpha value is -1.30. The number of anilines is 1. The Morgan fingerprint density at radius 2 is 2.05 bits per heavy atom. The molecule has 106 valence electrons. The zero-order chi connectivity index (χ0) is 13.9. The molecule has 2 rings (SSSR count). The average Bonchev–Trinajstić information content (AvgIpc) is 2.62. The second kappa shape index (κ2) is 5.77. The van der Waals surface area contributed by atoms with Crippen molar-refractivity contribution < 1.29 is 13.2 Å². The third-order valence-electron chi connectivity index (χ3n) is 3.52. The molecule has 1 aliphatic rings. The average molecular weight is 273 g/mol. The van der Waals surface area contributed by atoms with E-state index in [-0.39, 0.29) is 6.04 Å². The number of nitrogens with two attached hydrogens (primary N) is 1. The summed E-state index contributed by atoms with van der Waals surface area (Å²) in [5.74, 6) is 0.588. The number of aromatic nitrogens is 1. The van der Waals surface area contributed by atoms with E-state index in [0.717, 1.165) is 44.5 Å². The molecule has 3 nitrogen and oxygen atoms in total. The summed E-state index contributed by atoms with van der Waals surface area (Å²) in [6, 6.07) is 2.70. The summed E-state index contributed by atoms with van der Waals surface area (Å²) >= 11 is 0. The molecule has 0 saturated carbocycles. The Morgan fingerprint density at radius 1 is 1.26 bits per heavy atom. The van der Waals surface area contributed by atoms with Gasteiger partial charge in [0.15, 0.2) is 0 Å². The van der Waals surface area contributed by atoms with Gasteiger partial charge in [0.25, 0.3) is 0 Å². The summed E-state index contributed by atoms with van der Waals surface area (Å²) in [4.78, 5) is 5.99. The van der Waals surface area contributed by atoms with Crippen LogP contribution in [0.15, 0.2) is 18.3 Å². The molecule has 0 aliphatic carbocycles. The highest BCUT2D eigenvalue weighted by Crippen LogP contribution is 2.30. The van der Waals surface area contributed by atoms with E-state index in [4.69, 9.17) is 5.73 Å². The van der Waals surface area contributed by atoms with E-state index in [9.17, 15) is 13.2 Å². The van der Waals surface area contributed by atoms with Crippen molar-refractivity contribution in [2.45, 2.75) is 37.9 Å². The SMILES string of the molecule is NCC1CCCCCN1c1ccc(C(F)(F)F)cn1. The first-order valence-corrected chi connectivity index (χ1v) is 6.52. The molecule has 0 bridgehead atoms. The lowest BCUT2D eigenvalue weighted by Crippen LogP contribution is -2.40. The molecular formula is C13H18F3N3. The quantitative estimate of drug-likeness (QED) is 0.901. The molecule has 1 aromatic rings. The predicted molar refractivity (Wildman–Crippen MR) is 67.9 cm³/mol. The van der Waals surface area contributed by atoms with Crippen LogP contribution < -0.4 is 10.6 Å². The van der Waals surface area contributed by atoms with Gasteiger partial charge >= 0.3 is 6.18 Å². The van der Waals surface area contributed by atoms with Crippen LogP contribution in [0.5, 0.6) is 0 Å². The molecule has 0 amide bonds. The summed E-state index contributed by atoms with van der Waals surface area (Å²) in [6.45, 7) is 1.31. The Kier molecular flexibility index (Phi) is 4.29. The molecule has 2 heterocycles. The number of alkyl halides is 3. The number of pyridine rings is 1. The van der Waals surface area contributed by atoms with Crippen LogP contribution in [0.4, 0.5) is 19.0 Å². The summed E-state index contributed by atoms with van der Waals surface area (Å²) in [5, 5.41) is 0. The normalized spacial score (nSPS) is 21.3. The zero-order valence-electron chi connectivity index (χ0n) is 10.7. The van der Waals surface area contributed by atoms with Gasteiger partial charge in [0, 0.05) is 25.3 Å². The molecule has 1 atom stereocenters. The van der Waals surface area contributed by atoms with Crippen LogP contribution in [0.3, 0.4) is 0 Å². The monoisotopic (exact) mass is 273 g/mol. The van der Waals surface area contributed by atoms with Crippen molar-refractivity contribution in [2.24, 2.45) is 5.73 Å². The highest BCUT2D eigenvalue weighted by Gasteiger charge is 2.31. The van der Waals surface area contributed by atoms with E-state index in [1.807, 2.05) is 4.90 Å². The third-order valence-corrected chi connectivity index (χ3v) is 3.52. The fraction of sp³-hybridized carbons (Fsp3) is 0.615. The van der Waals surface area contributed by atoms with Crippen molar-refractivity contribution >= 4 is 5.82 Å². The minimum absolute atomic E-state index is 0.173. The molecule has 1 aliphatic heterocycles. The standard InChI is InChI=1S/C13H18F3N3/c14-13(15,16)10-5-6-12(18-9-10)19-7-3-1-2-4-11(19)8-17/h5-6,9,11H,1-4,7-8,17H2. The molecule has 0 aromatic carbocycles. The van der Waals surface area contributed by atoms with Crippen LogP contribution in [0.25, 0.3) is 0 Å². The number of hydrogen-bond donors (Lipinski definition) is 1. The second-order valence-corrected chi connectivity index (χ2v) is 4.84. The van der Waals surface area contributed by atoms with Crippen molar-refractivity contribution in [1.82, 2.24) is 4.98 Å². The van der Waals surface area contributed by atoms with Crippen LogP contribution in [0, 0.1) is 0 Å². The van der Waals surface area contributed by atoms with Gasteiger partial charge in [-0.15, -0.1) is 0 Å². The topological polar surface area (TPSA) is 42.1 Å². The van der Waals surface area contributed by atoms with Gasteiger partial charge in [-0.1, -0.05) is 12.8 Å². The Bertz CT molecular complexity index is 403. The lowest BCUT2D eigenvalue weighted by Gasteiger charge is -2.30. The van der Waals surface area contributed by atoms with Crippen LogP contribution in [-0.4, -0.2) is 24.1 Å². The molecule has 2 N–H and O–H groups in total. The van der Waals surface area contributed by atoms with Crippen molar-refractivity contribution in [3.05, 3.63) is 23.9 Å². The zero-order valence-corrected chi connectivity index (χ0v) is 10.7. The minimum atomic E-state index is -4.34. The molecular weight excluding hydrogens is 255 g/mol. The summed E-state index contributed by atoms with van der Waals surface area (Å²) < 4.78 is 37.5. The molecule has 1 fully saturated rings. The largest absolute Gasteiger partial charge is 0.417 e. The molecule has 1 aromatic heterocycles.